The van der Waals surface area contributed by atoms with Gasteiger partial charge in [0.2, 0.25) is 5.28 Å². The van der Waals surface area contributed by atoms with Crippen molar-refractivity contribution in [3.8, 4) is 0 Å². The van der Waals surface area contributed by atoms with Gasteiger partial charge in [-0.05, 0) is 66.0 Å². The van der Waals surface area contributed by atoms with Crippen LogP contribution in [0, 0.1) is 0 Å². The summed E-state index contributed by atoms with van der Waals surface area (Å²) in [7, 11) is 0. The van der Waals surface area contributed by atoms with Crippen LogP contribution in [-0.4, -0.2) is 26.3 Å². The number of amides is 1. The zero-order valence-corrected chi connectivity index (χ0v) is 17.0. The molecule has 0 aliphatic heterocycles. The lowest BCUT2D eigenvalue weighted by Crippen LogP contribution is -2.37. The van der Waals surface area contributed by atoms with E-state index in [1.165, 1.54) is 4.90 Å². The Morgan fingerprint density at radius 1 is 1.23 bits per heavy atom. The van der Waals surface area contributed by atoms with Gasteiger partial charge in [-0.15, -0.1) is 5.10 Å². The standard InChI is InChI=1S/C18H18BrClN4O2/c1-18(2,3)26-17(25)23(11-12-7-5-4-6-8-12)15-13-9-10-14(19)24(13)22-16(20)21-15/h4-10H,11H2,1-3H3. The number of fused-ring (bicyclic) bond motifs is 1. The zero-order valence-electron chi connectivity index (χ0n) is 14.6. The van der Waals surface area contributed by atoms with E-state index in [4.69, 9.17) is 16.3 Å². The van der Waals surface area contributed by atoms with E-state index in [1.54, 1.807) is 4.52 Å². The van der Waals surface area contributed by atoms with Gasteiger partial charge in [0.15, 0.2) is 5.82 Å². The van der Waals surface area contributed by atoms with Crippen molar-refractivity contribution in [1.82, 2.24) is 14.6 Å². The first-order valence-corrected chi connectivity index (χ1v) is 9.17. The van der Waals surface area contributed by atoms with Crippen molar-refractivity contribution >= 4 is 45.0 Å². The molecule has 0 radical (unpaired) electrons. The first-order valence-electron chi connectivity index (χ1n) is 8.00. The molecule has 0 spiro atoms. The Hall–Kier alpha value is -2.12. The third-order valence-corrected chi connectivity index (χ3v) is 4.23. The van der Waals surface area contributed by atoms with Crippen molar-refractivity contribution in [3.63, 3.8) is 0 Å². The largest absolute Gasteiger partial charge is 0.443 e. The zero-order chi connectivity index (χ0) is 18.9. The number of hydrogen-bond donors (Lipinski definition) is 0. The Morgan fingerprint density at radius 2 is 1.92 bits per heavy atom. The van der Waals surface area contributed by atoms with Gasteiger partial charge < -0.3 is 4.74 Å². The average molecular weight is 438 g/mol. The molecule has 0 saturated carbocycles. The van der Waals surface area contributed by atoms with E-state index in [9.17, 15) is 4.79 Å². The van der Waals surface area contributed by atoms with Gasteiger partial charge in [0.25, 0.3) is 0 Å². The molecule has 136 valence electrons. The predicted octanol–water partition coefficient (Wildman–Crippen LogP) is 5.09. The van der Waals surface area contributed by atoms with Gasteiger partial charge in [-0.1, -0.05) is 30.3 Å². The number of carbonyl (C=O) groups is 1. The summed E-state index contributed by atoms with van der Waals surface area (Å²) in [4.78, 5) is 18.7. The number of aromatic nitrogens is 3. The second kappa shape index (κ2) is 7.25. The fourth-order valence-corrected chi connectivity index (χ4v) is 2.99. The number of anilines is 1. The highest BCUT2D eigenvalue weighted by molar-refractivity contribution is 9.10. The summed E-state index contributed by atoms with van der Waals surface area (Å²) in [5.41, 5.74) is 0.946. The molecule has 0 fully saturated rings. The van der Waals surface area contributed by atoms with Crippen LogP contribution >= 0.6 is 27.5 Å². The second-order valence-electron chi connectivity index (χ2n) is 6.71. The highest BCUT2D eigenvalue weighted by Crippen LogP contribution is 2.27. The number of rotatable bonds is 3. The van der Waals surface area contributed by atoms with Crippen LogP contribution in [0.1, 0.15) is 26.3 Å². The molecule has 8 heteroatoms. The van der Waals surface area contributed by atoms with Crippen LogP contribution in [-0.2, 0) is 11.3 Å². The summed E-state index contributed by atoms with van der Waals surface area (Å²) in [6, 6.07) is 13.3. The molecule has 0 bridgehead atoms. The summed E-state index contributed by atoms with van der Waals surface area (Å²) in [5, 5.41) is 4.20. The van der Waals surface area contributed by atoms with E-state index < -0.39 is 11.7 Å². The highest BCUT2D eigenvalue weighted by Gasteiger charge is 2.27. The summed E-state index contributed by atoms with van der Waals surface area (Å²) in [6.45, 7) is 5.76. The van der Waals surface area contributed by atoms with E-state index in [0.29, 0.717) is 22.5 Å². The van der Waals surface area contributed by atoms with Gasteiger partial charge in [-0.2, -0.15) is 4.98 Å². The van der Waals surface area contributed by atoms with E-state index >= 15 is 0 Å². The van der Waals surface area contributed by atoms with Gasteiger partial charge in [0, 0.05) is 0 Å². The molecule has 1 aromatic carbocycles. The van der Waals surface area contributed by atoms with Crippen LogP contribution < -0.4 is 4.90 Å². The Labute approximate surface area is 164 Å². The van der Waals surface area contributed by atoms with Gasteiger partial charge >= 0.3 is 6.09 Å². The summed E-state index contributed by atoms with van der Waals surface area (Å²) >= 11 is 9.51. The molecular formula is C18H18BrClN4O2. The normalized spacial score (nSPS) is 11.6. The van der Waals surface area contributed by atoms with Gasteiger partial charge in [0.05, 0.1) is 6.54 Å². The Kier molecular flexibility index (Phi) is 5.20. The van der Waals surface area contributed by atoms with E-state index in [0.717, 1.165) is 5.56 Å². The summed E-state index contributed by atoms with van der Waals surface area (Å²) in [6.07, 6.45) is -0.504. The maximum absolute atomic E-state index is 12.9. The minimum Gasteiger partial charge on any atom is -0.443 e. The molecule has 0 unspecified atom stereocenters. The minimum atomic E-state index is -0.637. The van der Waals surface area contributed by atoms with Crippen LogP contribution in [0.2, 0.25) is 5.28 Å². The molecule has 0 aliphatic carbocycles. The average Bonchev–Trinajstić information content (AvgIpc) is 2.92. The van der Waals surface area contributed by atoms with Gasteiger partial charge in [0.1, 0.15) is 15.7 Å². The number of benzene rings is 1. The molecule has 3 rings (SSSR count). The van der Waals surface area contributed by atoms with Crippen LogP contribution in [0.3, 0.4) is 0 Å². The molecular weight excluding hydrogens is 420 g/mol. The van der Waals surface area contributed by atoms with Gasteiger partial charge in [-0.3, -0.25) is 4.90 Å². The quantitative estimate of drug-likeness (QED) is 0.573. The molecule has 2 heterocycles. The summed E-state index contributed by atoms with van der Waals surface area (Å²) in [5.74, 6) is 0.383. The molecule has 3 aromatic rings. The van der Waals surface area contributed by atoms with Crippen molar-refractivity contribution in [2.75, 3.05) is 4.90 Å². The summed E-state index contributed by atoms with van der Waals surface area (Å²) < 4.78 is 7.88. The molecule has 0 N–H and O–H groups in total. The Balaban J connectivity index is 2.10. The second-order valence-corrected chi connectivity index (χ2v) is 7.86. The molecule has 6 nitrogen and oxygen atoms in total. The SMILES string of the molecule is CC(C)(C)OC(=O)N(Cc1ccccc1)c1nc(Cl)nn2c(Br)ccc12. The fourth-order valence-electron chi connectivity index (χ4n) is 2.43. The molecule has 2 aromatic heterocycles. The maximum atomic E-state index is 12.9. The topological polar surface area (TPSA) is 59.7 Å². The highest BCUT2D eigenvalue weighted by atomic mass is 79.9. The number of halogens is 2. The minimum absolute atomic E-state index is 0.0334. The lowest BCUT2D eigenvalue weighted by molar-refractivity contribution is 0.0576. The first-order chi connectivity index (χ1) is 12.2. The number of nitrogens with zero attached hydrogens (tertiary/aromatic N) is 4. The van der Waals surface area contributed by atoms with Crippen molar-refractivity contribution < 1.29 is 9.53 Å². The smallest absolute Gasteiger partial charge is 0.416 e. The van der Waals surface area contributed by atoms with Crippen LogP contribution in [0.5, 0.6) is 0 Å². The monoisotopic (exact) mass is 436 g/mol. The van der Waals surface area contributed by atoms with Crippen molar-refractivity contribution in [2.45, 2.75) is 32.9 Å². The van der Waals surface area contributed by atoms with Gasteiger partial charge in [-0.25, -0.2) is 9.31 Å². The third-order valence-electron chi connectivity index (χ3n) is 3.47. The van der Waals surface area contributed by atoms with Crippen LogP contribution in [0.4, 0.5) is 10.6 Å². The Morgan fingerprint density at radius 3 is 2.58 bits per heavy atom. The molecule has 0 aliphatic rings. The van der Waals surface area contributed by atoms with Crippen LogP contribution in [0.25, 0.3) is 5.52 Å². The van der Waals surface area contributed by atoms with Crippen molar-refractivity contribution in [3.05, 3.63) is 57.9 Å². The maximum Gasteiger partial charge on any atom is 0.416 e. The van der Waals surface area contributed by atoms with Crippen LogP contribution in [0.15, 0.2) is 47.1 Å². The third kappa shape index (κ3) is 4.16. The van der Waals surface area contributed by atoms with E-state index in [2.05, 4.69) is 26.0 Å². The Bertz CT molecular complexity index is 938. The first kappa shape index (κ1) is 18.7. The molecule has 0 saturated heterocycles. The number of ether oxygens (including phenoxy) is 1. The molecule has 26 heavy (non-hydrogen) atoms. The van der Waals surface area contributed by atoms with Crippen molar-refractivity contribution in [2.24, 2.45) is 0 Å². The number of carbonyl (C=O) groups excluding carboxylic acids is 1. The van der Waals surface area contributed by atoms with Crippen molar-refractivity contribution in [1.29, 1.82) is 0 Å². The molecule has 0 atom stereocenters. The lowest BCUT2D eigenvalue weighted by Gasteiger charge is -2.27. The van der Waals surface area contributed by atoms with E-state index in [-0.39, 0.29) is 5.28 Å². The predicted molar refractivity (Wildman–Crippen MR) is 105 cm³/mol. The molecule has 1 amide bonds. The lowest BCUT2D eigenvalue weighted by atomic mass is 10.2. The fraction of sp³-hybridized carbons (Fsp3) is 0.278. The number of hydrogen-bond acceptors (Lipinski definition) is 4. The van der Waals surface area contributed by atoms with E-state index in [1.807, 2.05) is 63.2 Å².